The van der Waals surface area contributed by atoms with E-state index in [-0.39, 0.29) is 0 Å². The fraction of sp³-hybridized carbons (Fsp3) is 0.444. The SMILES string of the molecule is BrCC1(c2cccnc2)CC1. The molecular weight excluding hydrogens is 202 g/mol. The van der Waals surface area contributed by atoms with Crippen LogP contribution in [0.1, 0.15) is 18.4 Å². The molecule has 2 rings (SSSR count). The van der Waals surface area contributed by atoms with Crippen molar-refractivity contribution < 1.29 is 0 Å². The van der Waals surface area contributed by atoms with E-state index in [1.54, 1.807) is 0 Å². The molecule has 0 saturated heterocycles. The van der Waals surface area contributed by atoms with Crippen LogP contribution in [0.25, 0.3) is 0 Å². The Labute approximate surface area is 75.0 Å². The Bertz CT molecular complexity index is 241. The maximum absolute atomic E-state index is 4.12. The number of rotatable bonds is 2. The smallest absolute Gasteiger partial charge is 0.0305 e. The Morgan fingerprint density at radius 3 is 2.82 bits per heavy atom. The highest BCUT2D eigenvalue weighted by Crippen LogP contribution is 2.48. The molecule has 1 saturated carbocycles. The Balaban J connectivity index is 2.30. The third-order valence-electron chi connectivity index (χ3n) is 2.38. The van der Waals surface area contributed by atoms with E-state index in [0.717, 1.165) is 5.33 Å². The van der Waals surface area contributed by atoms with Gasteiger partial charge in [0.05, 0.1) is 0 Å². The lowest BCUT2D eigenvalue weighted by Gasteiger charge is -2.09. The van der Waals surface area contributed by atoms with Crippen LogP contribution in [-0.4, -0.2) is 10.3 Å². The summed E-state index contributed by atoms with van der Waals surface area (Å²) in [6, 6.07) is 4.18. The minimum atomic E-state index is 0.439. The molecule has 0 spiro atoms. The molecular formula is C9H10BrN. The second-order valence-corrected chi connectivity index (χ2v) is 3.72. The number of alkyl halides is 1. The molecule has 1 aromatic rings. The third-order valence-corrected chi connectivity index (χ3v) is 3.46. The Morgan fingerprint density at radius 2 is 2.36 bits per heavy atom. The van der Waals surface area contributed by atoms with Crippen molar-refractivity contribution in [1.29, 1.82) is 0 Å². The quantitative estimate of drug-likeness (QED) is 0.686. The highest BCUT2D eigenvalue weighted by Gasteiger charge is 2.43. The molecule has 1 fully saturated rings. The summed E-state index contributed by atoms with van der Waals surface area (Å²) in [6.45, 7) is 0. The molecule has 1 aliphatic rings. The van der Waals surface area contributed by atoms with Crippen LogP contribution in [0.5, 0.6) is 0 Å². The molecule has 0 atom stereocenters. The van der Waals surface area contributed by atoms with Gasteiger partial charge in [0.2, 0.25) is 0 Å². The lowest BCUT2D eigenvalue weighted by atomic mass is 10.0. The van der Waals surface area contributed by atoms with Gasteiger partial charge in [-0.15, -0.1) is 0 Å². The van der Waals surface area contributed by atoms with Gasteiger partial charge < -0.3 is 0 Å². The Kier molecular flexibility index (Phi) is 1.72. The lowest BCUT2D eigenvalue weighted by Crippen LogP contribution is -2.07. The summed E-state index contributed by atoms with van der Waals surface area (Å²) in [6.07, 6.45) is 6.43. The highest BCUT2D eigenvalue weighted by atomic mass is 79.9. The van der Waals surface area contributed by atoms with E-state index in [9.17, 15) is 0 Å². The lowest BCUT2D eigenvalue weighted by molar-refractivity contribution is 0.802. The number of aromatic nitrogens is 1. The van der Waals surface area contributed by atoms with Crippen molar-refractivity contribution in [3.05, 3.63) is 30.1 Å². The van der Waals surface area contributed by atoms with E-state index >= 15 is 0 Å². The molecule has 1 heterocycles. The largest absolute Gasteiger partial charge is 0.264 e. The molecule has 1 nitrogen and oxygen atoms in total. The Hall–Kier alpha value is -0.370. The van der Waals surface area contributed by atoms with Crippen LogP contribution in [0.3, 0.4) is 0 Å². The topological polar surface area (TPSA) is 12.9 Å². The zero-order chi connectivity index (χ0) is 7.73. The molecule has 11 heavy (non-hydrogen) atoms. The molecule has 0 bridgehead atoms. The van der Waals surface area contributed by atoms with Crippen LogP contribution in [0.2, 0.25) is 0 Å². The maximum atomic E-state index is 4.12. The van der Waals surface area contributed by atoms with Crippen LogP contribution < -0.4 is 0 Å². The normalized spacial score (nSPS) is 19.7. The predicted octanol–water partition coefficient (Wildman–Crippen LogP) is 2.51. The van der Waals surface area contributed by atoms with Gasteiger partial charge in [-0.1, -0.05) is 22.0 Å². The van der Waals surface area contributed by atoms with E-state index in [0.29, 0.717) is 5.41 Å². The first-order valence-electron chi connectivity index (χ1n) is 3.84. The minimum absolute atomic E-state index is 0.439. The molecule has 0 aromatic carbocycles. The molecule has 0 N–H and O–H groups in total. The zero-order valence-electron chi connectivity index (χ0n) is 6.26. The second-order valence-electron chi connectivity index (χ2n) is 3.16. The monoisotopic (exact) mass is 211 g/mol. The van der Waals surface area contributed by atoms with Crippen molar-refractivity contribution in [2.24, 2.45) is 0 Å². The van der Waals surface area contributed by atoms with Gasteiger partial charge in [-0.3, -0.25) is 4.98 Å². The van der Waals surface area contributed by atoms with Gasteiger partial charge >= 0.3 is 0 Å². The summed E-state index contributed by atoms with van der Waals surface area (Å²) in [5.74, 6) is 0. The highest BCUT2D eigenvalue weighted by molar-refractivity contribution is 9.09. The van der Waals surface area contributed by atoms with Crippen molar-refractivity contribution >= 4 is 15.9 Å². The van der Waals surface area contributed by atoms with Crippen LogP contribution >= 0.6 is 15.9 Å². The average molecular weight is 212 g/mol. The van der Waals surface area contributed by atoms with Crippen molar-refractivity contribution in [2.75, 3.05) is 5.33 Å². The van der Waals surface area contributed by atoms with Crippen LogP contribution in [0.15, 0.2) is 24.5 Å². The van der Waals surface area contributed by atoms with Gasteiger partial charge in [0.25, 0.3) is 0 Å². The first-order valence-corrected chi connectivity index (χ1v) is 4.96. The molecule has 1 aliphatic carbocycles. The number of nitrogens with zero attached hydrogens (tertiary/aromatic N) is 1. The van der Waals surface area contributed by atoms with E-state index in [4.69, 9.17) is 0 Å². The fourth-order valence-corrected chi connectivity index (χ4v) is 2.21. The van der Waals surface area contributed by atoms with Crippen LogP contribution in [0.4, 0.5) is 0 Å². The summed E-state index contributed by atoms with van der Waals surface area (Å²) in [5, 5.41) is 1.08. The summed E-state index contributed by atoms with van der Waals surface area (Å²) < 4.78 is 0. The Morgan fingerprint density at radius 1 is 1.55 bits per heavy atom. The minimum Gasteiger partial charge on any atom is -0.264 e. The van der Waals surface area contributed by atoms with E-state index < -0.39 is 0 Å². The molecule has 2 heteroatoms. The zero-order valence-corrected chi connectivity index (χ0v) is 7.84. The molecule has 0 unspecified atom stereocenters. The summed E-state index contributed by atoms with van der Waals surface area (Å²) in [5.41, 5.74) is 1.82. The van der Waals surface area contributed by atoms with Gasteiger partial charge in [-0.05, 0) is 24.5 Å². The molecule has 0 radical (unpaired) electrons. The summed E-state index contributed by atoms with van der Waals surface area (Å²) in [4.78, 5) is 4.12. The maximum Gasteiger partial charge on any atom is 0.0305 e. The summed E-state index contributed by atoms with van der Waals surface area (Å²) >= 11 is 3.54. The van der Waals surface area contributed by atoms with Crippen molar-refractivity contribution in [3.8, 4) is 0 Å². The average Bonchev–Trinajstić information content (AvgIpc) is 2.86. The molecule has 1 aromatic heterocycles. The first kappa shape index (κ1) is 7.29. The molecule has 0 amide bonds. The van der Waals surface area contributed by atoms with Gasteiger partial charge in [-0.25, -0.2) is 0 Å². The fourth-order valence-electron chi connectivity index (χ4n) is 1.33. The van der Waals surface area contributed by atoms with E-state index in [2.05, 4.69) is 27.0 Å². The van der Waals surface area contributed by atoms with Crippen LogP contribution in [-0.2, 0) is 5.41 Å². The first-order chi connectivity index (χ1) is 5.37. The third kappa shape index (κ3) is 1.20. The van der Waals surface area contributed by atoms with Crippen molar-refractivity contribution in [2.45, 2.75) is 18.3 Å². The summed E-state index contributed by atoms with van der Waals surface area (Å²) in [7, 11) is 0. The number of halogens is 1. The van der Waals surface area contributed by atoms with Gasteiger partial charge in [0.1, 0.15) is 0 Å². The molecule has 0 aliphatic heterocycles. The standard InChI is InChI=1S/C9H10BrN/c10-7-9(3-4-9)8-2-1-5-11-6-8/h1-2,5-6H,3-4,7H2. The number of hydrogen-bond acceptors (Lipinski definition) is 1. The predicted molar refractivity (Wildman–Crippen MR) is 48.9 cm³/mol. The van der Waals surface area contributed by atoms with Gasteiger partial charge in [0, 0.05) is 23.1 Å². The van der Waals surface area contributed by atoms with Crippen molar-refractivity contribution in [3.63, 3.8) is 0 Å². The molecule has 58 valence electrons. The van der Waals surface area contributed by atoms with E-state index in [1.807, 2.05) is 18.5 Å². The second kappa shape index (κ2) is 2.59. The number of pyridine rings is 1. The van der Waals surface area contributed by atoms with Crippen LogP contribution in [0, 0.1) is 0 Å². The van der Waals surface area contributed by atoms with E-state index in [1.165, 1.54) is 18.4 Å². The van der Waals surface area contributed by atoms with Gasteiger partial charge in [0.15, 0.2) is 0 Å². The number of hydrogen-bond donors (Lipinski definition) is 0. The van der Waals surface area contributed by atoms with Crippen molar-refractivity contribution in [1.82, 2.24) is 4.98 Å². The van der Waals surface area contributed by atoms with Gasteiger partial charge in [-0.2, -0.15) is 0 Å².